The maximum absolute atomic E-state index is 11.9. The third kappa shape index (κ3) is 5.12. The molecule has 2 rings (SSSR count). The number of hydrogen-bond donors (Lipinski definition) is 2. The molecule has 2 aromatic carbocycles. The average molecular weight is 326 g/mol. The summed E-state index contributed by atoms with van der Waals surface area (Å²) in [5.41, 5.74) is 3.35. The first-order valence-corrected chi connectivity index (χ1v) is 7.83. The van der Waals surface area contributed by atoms with Gasteiger partial charge in [0, 0.05) is 12.2 Å². The SMILES string of the molecule is COC(=O)c1ccc(C)c(NCC(=O)NCCc2ccccc2)c1. The lowest BCUT2D eigenvalue weighted by Gasteiger charge is -2.11. The molecule has 0 spiro atoms. The molecule has 0 fully saturated rings. The summed E-state index contributed by atoms with van der Waals surface area (Å²) in [5.74, 6) is -0.487. The van der Waals surface area contributed by atoms with Crippen LogP contribution in [0.15, 0.2) is 48.5 Å². The van der Waals surface area contributed by atoms with Crippen LogP contribution in [0.5, 0.6) is 0 Å². The zero-order valence-corrected chi connectivity index (χ0v) is 14.0. The van der Waals surface area contributed by atoms with Gasteiger partial charge < -0.3 is 15.4 Å². The molecule has 0 saturated carbocycles. The molecular formula is C19H22N2O3. The Morgan fingerprint density at radius 3 is 2.54 bits per heavy atom. The number of benzene rings is 2. The minimum atomic E-state index is -0.398. The summed E-state index contributed by atoms with van der Waals surface area (Å²) < 4.78 is 4.71. The van der Waals surface area contributed by atoms with Crippen molar-refractivity contribution in [2.24, 2.45) is 0 Å². The van der Waals surface area contributed by atoms with Gasteiger partial charge in [0.25, 0.3) is 0 Å². The predicted octanol–water partition coefficient (Wildman–Crippen LogP) is 2.55. The maximum atomic E-state index is 11.9. The van der Waals surface area contributed by atoms with Crippen LogP contribution in [0.3, 0.4) is 0 Å². The average Bonchev–Trinajstić information content (AvgIpc) is 2.61. The van der Waals surface area contributed by atoms with E-state index in [1.165, 1.54) is 12.7 Å². The Bertz CT molecular complexity index is 699. The second-order valence-corrected chi connectivity index (χ2v) is 5.46. The second-order valence-electron chi connectivity index (χ2n) is 5.46. The molecule has 0 saturated heterocycles. The lowest BCUT2D eigenvalue weighted by Crippen LogP contribution is -2.31. The fraction of sp³-hybridized carbons (Fsp3) is 0.263. The van der Waals surface area contributed by atoms with Gasteiger partial charge in [-0.3, -0.25) is 4.79 Å². The highest BCUT2D eigenvalue weighted by atomic mass is 16.5. The fourth-order valence-corrected chi connectivity index (χ4v) is 2.29. The number of nitrogens with one attached hydrogen (secondary N) is 2. The van der Waals surface area contributed by atoms with E-state index in [1.807, 2.05) is 43.3 Å². The number of esters is 1. The molecule has 0 bridgehead atoms. The highest BCUT2D eigenvalue weighted by molar-refractivity contribution is 5.91. The highest BCUT2D eigenvalue weighted by Gasteiger charge is 2.09. The monoisotopic (exact) mass is 326 g/mol. The minimum Gasteiger partial charge on any atom is -0.465 e. The lowest BCUT2D eigenvalue weighted by molar-refractivity contribution is -0.119. The van der Waals surface area contributed by atoms with Gasteiger partial charge in [0.05, 0.1) is 19.2 Å². The van der Waals surface area contributed by atoms with E-state index in [0.717, 1.165) is 17.7 Å². The van der Waals surface area contributed by atoms with Crippen molar-refractivity contribution >= 4 is 17.6 Å². The van der Waals surface area contributed by atoms with Gasteiger partial charge in [0.15, 0.2) is 0 Å². The van der Waals surface area contributed by atoms with Crippen molar-refractivity contribution in [3.8, 4) is 0 Å². The Morgan fingerprint density at radius 1 is 1.08 bits per heavy atom. The smallest absolute Gasteiger partial charge is 0.337 e. The van der Waals surface area contributed by atoms with Gasteiger partial charge in [-0.15, -0.1) is 0 Å². The molecule has 2 aromatic rings. The number of rotatable bonds is 7. The van der Waals surface area contributed by atoms with Crippen LogP contribution >= 0.6 is 0 Å². The van der Waals surface area contributed by atoms with Crippen LogP contribution in [0, 0.1) is 6.92 Å². The van der Waals surface area contributed by atoms with Gasteiger partial charge in [0.2, 0.25) is 5.91 Å². The van der Waals surface area contributed by atoms with Crippen molar-refractivity contribution in [2.45, 2.75) is 13.3 Å². The molecule has 5 heteroatoms. The van der Waals surface area contributed by atoms with E-state index in [0.29, 0.717) is 12.1 Å². The molecule has 0 aliphatic rings. The van der Waals surface area contributed by atoms with Crippen LogP contribution in [0.2, 0.25) is 0 Å². The molecular weight excluding hydrogens is 304 g/mol. The molecule has 0 heterocycles. The molecule has 0 unspecified atom stereocenters. The number of hydrogen-bond acceptors (Lipinski definition) is 4. The van der Waals surface area contributed by atoms with Gasteiger partial charge in [-0.05, 0) is 36.6 Å². The van der Waals surface area contributed by atoms with Crippen LogP contribution < -0.4 is 10.6 Å². The normalized spacial score (nSPS) is 10.1. The van der Waals surface area contributed by atoms with Crippen LogP contribution in [-0.4, -0.2) is 32.1 Å². The number of methoxy groups -OCH3 is 1. The van der Waals surface area contributed by atoms with Crippen molar-refractivity contribution in [1.29, 1.82) is 0 Å². The first-order chi connectivity index (χ1) is 11.6. The van der Waals surface area contributed by atoms with E-state index < -0.39 is 5.97 Å². The number of ether oxygens (including phenoxy) is 1. The summed E-state index contributed by atoms with van der Waals surface area (Å²) in [6.45, 7) is 2.66. The van der Waals surface area contributed by atoms with E-state index in [-0.39, 0.29) is 12.5 Å². The van der Waals surface area contributed by atoms with Gasteiger partial charge in [-0.25, -0.2) is 4.79 Å². The first kappa shape index (κ1) is 17.5. The van der Waals surface area contributed by atoms with Gasteiger partial charge >= 0.3 is 5.97 Å². The third-order valence-corrected chi connectivity index (χ3v) is 3.68. The van der Waals surface area contributed by atoms with Crippen molar-refractivity contribution in [3.63, 3.8) is 0 Å². The largest absolute Gasteiger partial charge is 0.465 e. The zero-order chi connectivity index (χ0) is 17.4. The first-order valence-electron chi connectivity index (χ1n) is 7.83. The summed E-state index contributed by atoms with van der Waals surface area (Å²) >= 11 is 0. The van der Waals surface area contributed by atoms with Crippen molar-refractivity contribution < 1.29 is 14.3 Å². The molecule has 0 radical (unpaired) electrons. The molecule has 0 aliphatic heterocycles. The molecule has 0 aliphatic carbocycles. The number of carbonyl (C=O) groups is 2. The molecule has 24 heavy (non-hydrogen) atoms. The number of carbonyl (C=O) groups excluding carboxylic acids is 2. The minimum absolute atomic E-state index is 0.0891. The second kappa shape index (κ2) is 8.72. The van der Waals surface area contributed by atoms with Crippen LogP contribution in [0.1, 0.15) is 21.5 Å². The summed E-state index contributed by atoms with van der Waals surface area (Å²) in [7, 11) is 1.34. The van der Waals surface area contributed by atoms with E-state index >= 15 is 0 Å². The van der Waals surface area contributed by atoms with E-state index in [9.17, 15) is 9.59 Å². The third-order valence-electron chi connectivity index (χ3n) is 3.68. The van der Waals surface area contributed by atoms with Crippen molar-refractivity contribution in [2.75, 3.05) is 25.5 Å². The number of anilines is 1. The van der Waals surface area contributed by atoms with Crippen LogP contribution in [0.4, 0.5) is 5.69 Å². The highest BCUT2D eigenvalue weighted by Crippen LogP contribution is 2.17. The Hall–Kier alpha value is -2.82. The molecule has 1 amide bonds. The standard InChI is InChI=1S/C19H22N2O3/c1-14-8-9-16(19(23)24-2)12-17(14)21-13-18(22)20-11-10-15-6-4-3-5-7-15/h3-9,12,21H,10-11,13H2,1-2H3,(H,20,22). The van der Waals surface area contributed by atoms with Gasteiger partial charge in [-0.2, -0.15) is 0 Å². The number of amides is 1. The molecule has 0 atom stereocenters. The summed E-state index contributed by atoms with van der Waals surface area (Å²) in [6, 6.07) is 15.2. The lowest BCUT2D eigenvalue weighted by atomic mass is 10.1. The van der Waals surface area contributed by atoms with E-state index in [2.05, 4.69) is 10.6 Å². The van der Waals surface area contributed by atoms with Crippen LogP contribution in [0.25, 0.3) is 0 Å². The maximum Gasteiger partial charge on any atom is 0.337 e. The molecule has 5 nitrogen and oxygen atoms in total. The molecule has 2 N–H and O–H groups in total. The molecule has 126 valence electrons. The van der Waals surface area contributed by atoms with Gasteiger partial charge in [0.1, 0.15) is 0 Å². The Kier molecular flexibility index (Phi) is 6.37. The fourth-order valence-electron chi connectivity index (χ4n) is 2.29. The predicted molar refractivity (Wildman–Crippen MR) is 94.2 cm³/mol. The molecule has 0 aromatic heterocycles. The Balaban J connectivity index is 1.82. The zero-order valence-electron chi connectivity index (χ0n) is 14.0. The van der Waals surface area contributed by atoms with Crippen molar-refractivity contribution in [1.82, 2.24) is 5.32 Å². The van der Waals surface area contributed by atoms with Crippen molar-refractivity contribution in [3.05, 3.63) is 65.2 Å². The van der Waals surface area contributed by atoms with E-state index in [1.54, 1.807) is 12.1 Å². The Morgan fingerprint density at radius 2 is 1.83 bits per heavy atom. The topological polar surface area (TPSA) is 67.4 Å². The summed E-state index contributed by atoms with van der Waals surface area (Å²) in [4.78, 5) is 23.5. The quantitative estimate of drug-likeness (QED) is 0.767. The van der Waals surface area contributed by atoms with Gasteiger partial charge in [-0.1, -0.05) is 36.4 Å². The Labute approximate surface area is 142 Å². The summed E-state index contributed by atoms with van der Waals surface area (Å²) in [6.07, 6.45) is 0.795. The summed E-state index contributed by atoms with van der Waals surface area (Å²) in [5, 5.41) is 5.94. The van der Waals surface area contributed by atoms with Crippen LogP contribution in [-0.2, 0) is 16.0 Å². The van der Waals surface area contributed by atoms with E-state index in [4.69, 9.17) is 4.74 Å². The number of aryl methyl sites for hydroxylation is 1.